The number of ether oxygens (including phenoxy) is 1. The largest absolute Gasteiger partial charge is 0.496 e. The van der Waals surface area contributed by atoms with Gasteiger partial charge >= 0.3 is 10.3 Å². The molecule has 1 N–H and O–H groups in total. The van der Waals surface area contributed by atoms with Crippen molar-refractivity contribution in [1.82, 2.24) is 0 Å². The zero-order valence-corrected chi connectivity index (χ0v) is 11.7. The fourth-order valence-electron chi connectivity index (χ4n) is 1.94. The lowest BCUT2D eigenvalue weighted by Gasteiger charge is -2.23. The summed E-state index contributed by atoms with van der Waals surface area (Å²) < 4.78 is 38.2. The molecular formula is C12H19NO4S. The average molecular weight is 273 g/mol. The van der Waals surface area contributed by atoms with Crippen LogP contribution < -0.4 is 9.04 Å². The lowest BCUT2D eigenvalue weighted by atomic mass is 10.1. The molecule has 0 aliphatic heterocycles. The van der Waals surface area contributed by atoms with Crippen LogP contribution in [0, 0.1) is 0 Å². The number of anilines is 1. The van der Waals surface area contributed by atoms with Crippen LogP contribution in [0.2, 0.25) is 0 Å². The molecule has 0 aliphatic rings. The first-order valence-electron chi connectivity index (χ1n) is 5.86. The van der Waals surface area contributed by atoms with E-state index in [1.807, 2.05) is 6.92 Å². The summed E-state index contributed by atoms with van der Waals surface area (Å²) in [5, 5.41) is 0. The highest BCUT2D eigenvalue weighted by Gasteiger charge is 2.22. The van der Waals surface area contributed by atoms with E-state index in [4.69, 9.17) is 4.74 Å². The molecule has 1 rings (SSSR count). The van der Waals surface area contributed by atoms with Crippen LogP contribution >= 0.6 is 0 Å². The molecule has 102 valence electrons. The molecule has 18 heavy (non-hydrogen) atoms. The molecule has 0 unspecified atom stereocenters. The van der Waals surface area contributed by atoms with Gasteiger partial charge in [0.15, 0.2) is 0 Å². The second kappa shape index (κ2) is 6.06. The summed E-state index contributed by atoms with van der Waals surface area (Å²) in [6.45, 7) is 3.84. The minimum Gasteiger partial charge on any atom is -0.496 e. The monoisotopic (exact) mass is 273 g/mol. The second-order valence-corrected chi connectivity index (χ2v) is 5.19. The van der Waals surface area contributed by atoms with Crippen LogP contribution in [-0.4, -0.2) is 26.6 Å². The number of hydrogen-bond acceptors (Lipinski definition) is 3. The number of rotatable bonds is 6. The Morgan fingerprint density at radius 3 is 2.44 bits per heavy atom. The molecule has 0 aromatic heterocycles. The molecule has 0 atom stereocenters. The second-order valence-electron chi connectivity index (χ2n) is 3.85. The van der Waals surface area contributed by atoms with Gasteiger partial charge in [0.05, 0.1) is 12.8 Å². The molecule has 1 aromatic carbocycles. The predicted molar refractivity (Wildman–Crippen MR) is 71.6 cm³/mol. The van der Waals surface area contributed by atoms with E-state index in [1.165, 1.54) is 0 Å². The smallest absolute Gasteiger partial charge is 0.359 e. The van der Waals surface area contributed by atoms with Gasteiger partial charge in [-0.1, -0.05) is 19.4 Å². The Balaban J connectivity index is 3.38. The van der Waals surface area contributed by atoms with Gasteiger partial charge in [-0.2, -0.15) is 8.42 Å². The van der Waals surface area contributed by atoms with Crippen molar-refractivity contribution in [1.29, 1.82) is 0 Å². The van der Waals surface area contributed by atoms with Crippen molar-refractivity contribution in [3.63, 3.8) is 0 Å². The lowest BCUT2D eigenvalue weighted by Crippen LogP contribution is -2.30. The minimum atomic E-state index is -4.26. The molecule has 0 fully saturated rings. The van der Waals surface area contributed by atoms with Crippen LogP contribution in [0.1, 0.15) is 25.8 Å². The first-order chi connectivity index (χ1) is 8.45. The van der Waals surface area contributed by atoms with Gasteiger partial charge in [-0.05, 0) is 25.5 Å². The Morgan fingerprint density at radius 1 is 1.33 bits per heavy atom. The third kappa shape index (κ3) is 3.14. The van der Waals surface area contributed by atoms with E-state index in [1.54, 1.807) is 32.2 Å². The summed E-state index contributed by atoms with van der Waals surface area (Å²) in [7, 11) is -2.71. The zero-order chi connectivity index (χ0) is 13.8. The highest BCUT2D eigenvalue weighted by atomic mass is 32.2. The first kappa shape index (κ1) is 14.8. The van der Waals surface area contributed by atoms with Crippen LogP contribution in [0.15, 0.2) is 18.2 Å². The van der Waals surface area contributed by atoms with Gasteiger partial charge in [0.1, 0.15) is 5.75 Å². The van der Waals surface area contributed by atoms with Crippen LogP contribution in [0.5, 0.6) is 5.75 Å². The summed E-state index contributed by atoms with van der Waals surface area (Å²) in [6, 6.07) is 5.16. The third-order valence-electron chi connectivity index (χ3n) is 2.66. The van der Waals surface area contributed by atoms with Crippen molar-refractivity contribution < 1.29 is 17.7 Å². The summed E-state index contributed by atoms with van der Waals surface area (Å²) in [5.74, 6) is 0.636. The fraction of sp³-hybridized carbons (Fsp3) is 0.500. The summed E-state index contributed by atoms with van der Waals surface area (Å²) >= 11 is 0. The molecule has 0 spiro atoms. The van der Waals surface area contributed by atoms with Crippen molar-refractivity contribution in [2.24, 2.45) is 0 Å². The lowest BCUT2D eigenvalue weighted by molar-refractivity contribution is 0.409. The molecule has 5 nitrogen and oxygen atoms in total. The highest BCUT2D eigenvalue weighted by molar-refractivity contribution is 7.87. The van der Waals surface area contributed by atoms with E-state index in [9.17, 15) is 13.0 Å². The van der Waals surface area contributed by atoms with Crippen LogP contribution in [0.3, 0.4) is 0 Å². The average Bonchev–Trinajstić information content (AvgIpc) is 2.30. The van der Waals surface area contributed by atoms with Gasteiger partial charge in [-0.3, -0.25) is 4.55 Å². The van der Waals surface area contributed by atoms with Gasteiger partial charge in [-0.25, -0.2) is 4.31 Å². The normalized spacial score (nSPS) is 11.3. The topological polar surface area (TPSA) is 66.8 Å². The third-order valence-corrected chi connectivity index (χ3v) is 3.67. The number of benzene rings is 1. The Bertz CT molecular complexity index is 499. The molecule has 0 saturated carbocycles. The maximum absolute atomic E-state index is 11.4. The van der Waals surface area contributed by atoms with Gasteiger partial charge in [0.25, 0.3) is 0 Å². The zero-order valence-electron chi connectivity index (χ0n) is 10.9. The maximum Gasteiger partial charge on any atom is 0.359 e. The van der Waals surface area contributed by atoms with Crippen molar-refractivity contribution >= 4 is 16.0 Å². The van der Waals surface area contributed by atoms with Crippen LogP contribution in [0.25, 0.3) is 0 Å². The van der Waals surface area contributed by atoms with Gasteiger partial charge in [-0.15, -0.1) is 0 Å². The summed E-state index contributed by atoms with van der Waals surface area (Å²) in [5.41, 5.74) is 1.27. The fourth-order valence-corrected chi connectivity index (χ4v) is 2.68. The number of methoxy groups -OCH3 is 1. The van der Waals surface area contributed by atoms with E-state index < -0.39 is 10.3 Å². The molecule has 0 heterocycles. The van der Waals surface area contributed by atoms with E-state index >= 15 is 0 Å². The Kier molecular flexibility index (Phi) is 4.98. The van der Waals surface area contributed by atoms with Gasteiger partial charge in [0, 0.05) is 12.1 Å². The number of hydrogen-bond donors (Lipinski definition) is 1. The summed E-state index contributed by atoms with van der Waals surface area (Å²) in [6.07, 6.45) is 1.54. The molecule has 1 aromatic rings. The van der Waals surface area contributed by atoms with Crippen molar-refractivity contribution in [2.45, 2.75) is 26.7 Å². The standard InChI is InChI=1S/C12H19NO4S/c1-4-7-10-11(8-6-9-12(10)17-3)13(5-2)18(14,15)16/h6,8-9H,4-5,7H2,1-3H3,(H,14,15,16). The van der Waals surface area contributed by atoms with Crippen molar-refractivity contribution in [3.8, 4) is 5.75 Å². The maximum atomic E-state index is 11.4. The molecular weight excluding hydrogens is 254 g/mol. The Morgan fingerprint density at radius 2 is 2.00 bits per heavy atom. The van der Waals surface area contributed by atoms with Crippen molar-refractivity contribution in [2.75, 3.05) is 18.0 Å². The van der Waals surface area contributed by atoms with E-state index in [0.717, 1.165) is 16.3 Å². The molecule has 0 amide bonds. The first-order valence-corrected chi connectivity index (χ1v) is 7.26. The van der Waals surface area contributed by atoms with E-state index in [2.05, 4.69) is 0 Å². The Labute approximate surface area is 108 Å². The predicted octanol–water partition coefficient (Wildman–Crippen LogP) is 2.28. The Hall–Kier alpha value is -1.27. The molecule has 6 heteroatoms. The number of nitrogens with zero attached hydrogens (tertiary/aromatic N) is 1. The van der Waals surface area contributed by atoms with E-state index in [0.29, 0.717) is 17.9 Å². The highest BCUT2D eigenvalue weighted by Crippen LogP contribution is 2.31. The SMILES string of the molecule is CCCc1c(OC)cccc1N(CC)S(=O)(=O)O. The van der Waals surface area contributed by atoms with E-state index in [-0.39, 0.29) is 6.54 Å². The molecule has 0 aliphatic carbocycles. The van der Waals surface area contributed by atoms with Gasteiger partial charge < -0.3 is 4.74 Å². The molecule has 0 saturated heterocycles. The quantitative estimate of drug-likeness (QED) is 0.807. The summed E-state index contributed by atoms with van der Waals surface area (Å²) in [4.78, 5) is 0. The van der Waals surface area contributed by atoms with Crippen LogP contribution in [0.4, 0.5) is 5.69 Å². The van der Waals surface area contributed by atoms with Crippen molar-refractivity contribution in [3.05, 3.63) is 23.8 Å². The molecule has 0 radical (unpaired) electrons. The molecule has 0 bridgehead atoms. The van der Waals surface area contributed by atoms with Crippen LogP contribution in [-0.2, 0) is 16.7 Å². The van der Waals surface area contributed by atoms with Gasteiger partial charge in [0.2, 0.25) is 0 Å². The minimum absolute atomic E-state index is 0.169.